The van der Waals surface area contributed by atoms with Crippen molar-refractivity contribution in [3.63, 3.8) is 0 Å². The van der Waals surface area contributed by atoms with Gasteiger partial charge < -0.3 is 14.8 Å². The van der Waals surface area contributed by atoms with E-state index in [2.05, 4.69) is 15.8 Å². The summed E-state index contributed by atoms with van der Waals surface area (Å²) in [6.07, 6.45) is 1.38. The molecule has 176 valence electrons. The standard InChI is InChI=1S/C26H26ClN3O4/c1-3-33-23-15-20(14-22(27)24(23)34-17-19-10-6-4-7-11-19)16-28-30-26(32)25(31)29-18(2)21-12-8-5-9-13-21/h4-16,18H,3,17H2,1-2H3,(H,29,31)(H,30,32)/b28-16-/t18-/m1/s1. The highest BCUT2D eigenvalue weighted by Gasteiger charge is 2.17. The number of benzene rings is 3. The number of nitrogens with zero attached hydrogens (tertiary/aromatic N) is 1. The van der Waals surface area contributed by atoms with Gasteiger partial charge in [-0.2, -0.15) is 5.10 Å². The van der Waals surface area contributed by atoms with Crippen LogP contribution in [-0.4, -0.2) is 24.6 Å². The Morgan fingerprint density at radius 2 is 1.68 bits per heavy atom. The zero-order chi connectivity index (χ0) is 24.3. The Kier molecular flexibility index (Phi) is 9.05. The van der Waals surface area contributed by atoms with Crippen LogP contribution in [0.15, 0.2) is 77.9 Å². The fraction of sp³-hybridized carbons (Fsp3) is 0.192. The highest BCUT2D eigenvalue weighted by Crippen LogP contribution is 2.37. The minimum Gasteiger partial charge on any atom is -0.490 e. The van der Waals surface area contributed by atoms with Crippen LogP contribution in [0.3, 0.4) is 0 Å². The lowest BCUT2D eigenvalue weighted by atomic mass is 10.1. The van der Waals surface area contributed by atoms with Gasteiger partial charge in [0, 0.05) is 0 Å². The molecule has 34 heavy (non-hydrogen) atoms. The lowest BCUT2D eigenvalue weighted by Gasteiger charge is -2.14. The average molecular weight is 480 g/mol. The van der Waals surface area contributed by atoms with E-state index in [-0.39, 0.29) is 6.04 Å². The zero-order valence-electron chi connectivity index (χ0n) is 19.0. The van der Waals surface area contributed by atoms with Gasteiger partial charge in [-0.15, -0.1) is 0 Å². The molecule has 0 radical (unpaired) electrons. The fourth-order valence-corrected chi connectivity index (χ4v) is 3.37. The van der Waals surface area contributed by atoms with Gasteiger partial charge in [-0.25, -0.2) is 5.43 Å². The van der Waals surface area contributed by atoms with Crippen molar-refractivity contribution in [2.45, 2.75) is 26.5 Å². The van der Waals surface area contributed by atoms with Crippen LogP contribution in [0.25, 0.3) is 0 Å². The summed E-state index contributed by atoms with van der Waals surface area (Å²) in [4.78, 5) is 24.2. The number of carbonyl (C=O) groups is 2. The molecule has 0 aromatic heterocycles. The molecular weight excluding hydrogens is 454 g/mol. The molecule has 0 heterocycles. The molecule has 0 aliphatic rings. The van der Waals surface area contributed by atoms with Gasteiger partial charge in [-0.1, -0.05) is 72.3 Å². The Labute approximate surface area is 203 Å². The lowest BCUT2D eigenvalue weighted by molar-refractivity contribution is -0.139. The Balaban J connectivity index is 1.62. The van der Waals surface area contributed by atoms with Crippen molar-refractivity contribution in [1.29, 1.82) is 0 Å². The van der Waals surface area contributed by atoms with E-state index in [0.717, 1.165) is 11.1 Å². The maximum absolute atomic E-state index is 12.1. The van der Waals surface area contributed by atoms with Gasteiger partial charge in [0.15, 0.2) is 11.5 Å². The molecular formula is C26H26ClN3O4. The molecule has 0 unspecified atom stereocenters. The van der Waals surface area contributed by atoms with E-state index in [4.69, 9.17) is 21.1 Å². The molecule has 8 heteroatoms. The van der Waals surface area contributed by atoms with Gasteiger partial charge in [-0.3, -0.25) is 9.59 Å². The maximum atomic E-state index is 12.1. The molecule has 0 aliphatic carbocycles. The van der Waals surface area contributed by atoms with Crippen molar-refractivity contribution in [1.82, 2.24) is 10.7 Å². The summed E-state index contributed by atoms with van der Waals surface area (Å²) in [6.45, 7) is 4.39. The first-order chi connectivity index (χ1) is 16.5. The molecule has 0 saturated carbocycles. The molecule has 1 atom stereocenters. The van der Waals surface area contributed by atoms with Gasteiger partial charge in [0.1, 0.15) is 6.61 Å². The topological polar surface area (TPSA) is 89.0 Å². The van der Waals surface area contributed by atoms with Gasteiger partial charge in [0.05, 0.1) is 23.9 Å². The third kappa shape index (κ3) is 7.08. The summed E-state index contributed by atoms with van der Waals surface area (Å²) in [7, 11) is 0. The minimum atomic E-state index is -0.877. The molecule has 0 saturated heterocycles. The minimum absolute atomic E-state index is 0.320. The van der Waals surface area contributed by atoms with Crippen molar-refractivity contribution in [2.24, 2.45) is 5.10 Å². The van der Waals surface area contributed by atoms with Gasteiger partial charge >= 0.3 is 11.8 Å². The van der Waals surface area contributed by atoms with Crippen LogP contribution in [0.4, 0.5) is 0 Å². The van der Waals surface area contributed by atoms with Crippen molar-refractivity contribution in [3.8, 4) is 11.5 Å². The molecule has 2 amide bonds. The Hall–Kier alpha value is -3.84. The molecule has 3 rings (SSSR count). The number of carbonyl (C=O) groups excluding carboxylic acids is 2. The number of hydrogen-bond acceptors (Lipinski definition) is 5. The van der Waals surface area contributed by atoms with Crippen LogP contribution in [0.5, 0.6) is 11.5 Å². The Morgan fingerprint density at radius 3 is 2.35 bits per heavy atom. The lowest BCUT2D eigenvalue weighted by Crippen LogP contribution is -2.39. The number of nitrogens with one attached hydrogen (secondary N) is 2. The average Bonchev–Trinajstić information content (AvgIpc) is 2.84. The molecule has 3 aromatic carbocycles. The maximum Gasteiger partial charge on any atom is 0.329 e. The normalized spacial score (nSPS) is 11.6. The van der Waals surface area contributed by atoms with Gasteiger partial charge in [0.2, 0.25) is 0 Å². The first-order valence-corrected chi connectivity index (χ1v) is 11.2. The van der Waals surface area contributed by atoms with E-state index in [0.29, 0.717) is 35.3 Å². The first kappa shape index (κ1) is 24.8. The van der Waals surface area contributed by atoms with E-state index in [1.807, 2.05) is 67.6 Å². The van der Waals surface area contributed by atoms with E-state index < -0.39 is 11.8 Å². The predicted molar refractivity (Wildman–Crippen MR) is 132 cm³/mol. The monoisotopic (exact) mass is 479 g/mol. The van der Waals surface area contributed by atoms with Crippen molar-refractivity contribution >= 4 is 29.6 Å². The first-order valence-electron chi connectivity index (χ1n) is 10.8. The Bertz CT molecular complexity index is 1140. The van der Waals surface area contributed by atoms with Gasteiger partial charge in [-0.05, 0) is 42.7 Å². The number of amides is 2. The number of rotatable bonds is 9. The quantitative estimate of drug-likeness (QED) is 0.266. The third-order valence-electron chi connectivity index (χ3n) is 4.79. The molecule has 0 aliphatic heterocycles. The summed E-state index contributed by atoms with van der Waals surface area (Å²) in [6, 6.07) is 22.1. The highest BCUT2D eigenvalue weighted by atomic mass is 35.5. The number of ether oxygens (including phenoxy) is 2. The molecule has 7 nitrogen and oxygen atoms in total. The van der Waals surface area contributed by atoms with E-state index >= 15 is 0 Å². The zero-order valence-corrected chi connectivity index (χ0v) is 19.7. The second kappa shape index (κ2) is 12.4. The van der Waals surface area contributed by atoms with Crippen LogP contribution in [-0.2, 0) is 16.2 Å². The van der Waals surface area contributed by atoms with Crippen molar-refractivity contribution < 1.29 is 19.1 Å². The van der Waals surface area contributed by atoms with E-state index in [9.17, 15) is 9.59 Å². The Morgan fingerprint density at radius 1 is 1.00 bits per heavy atom. The highest BCUT2D eigenvalue weighted by molar-refractivity contribution is 6.35. The largest absolute Gasteiger partial charge is 0.490 e. The number of hydrogen-bond donors (Lipinski definition) is 2. The molecule has 0 bridgehead atoms. The second-order valence-electron chi connectivity index (χ2n) is 7.34. The van der Waals surface area contributed by atoms with Crippen LogP contribution >= 0.6 is 11.6 Å². The van der Waals surface area contributed by atoms with Crippen LogP contribution in [0, 0.1) is 0 Å². The van der Waals surface area contributed by atoms with Crippen LogP contribution < -0.4 is 20.2 Å². The summed E-state index contributed by atoms with van der Waals surface area (Å²) in [5, 5.41) is 6.84. The summed E-state index contributed by atoms with van der Waals surface area (Å²) >= 11 is 6.43. The fourth-order valence-electron chi connectivity index (χ4n) is 3.10. The predicted octanol–water partition coefficient (Wildman–Crippen LogP) is 4.65. The van der Waals surface area contributed by atoms with Crippen LogP contribution in [0.1, 0.15) is 36.6 Å². The molecule has 2 N–H and O–H groups in total. The second-order valence-corrected chi connectivity index (χ2v) is 7.75. The van der Waals surface area contributed by atoms with Crippen molar-refractivity contribution in [3.05, 3.63) is 94.5 Å². The summed E-state index contributed by atoms with van der Waals surface area (Å²) in [5.41, 5.74) is 4.68. The SMILES string of the molecule is CCOc1cc(/C=N\NC(=O)C(=O)N[C@H](C)c2ccccc2)cc(Cl)c1OCc1ccccc1. The van der Waals surface area contributed by atoms with E-state index in [1.54, 1.807) is 19.1 Å². The summed E-state index contributed by atoms with van der Waals surface area (Å²) in [5.74, 6) is -0.792. The summed E-state index contributed by atoms with van der Waals surface area (Å²) < 4.78 is 11.6. The van der Waals surface area contributed by atoms with E-state index in [1.165, 1.54) is 6.21 Å². The molecule has 0 fully saturated rings. The molecule has 3 aromatic rings. The number of hydrazone groups is 1. The van der Waals surface area contributed by atoms with Crippen molar-refractivity contribution in [2.75, 3.05) is 6.61 Å². The smallest absolute Gasteiger partial charge is 0.329 e. The van der Waals surface area contributed by atoms with Gasteiger partial charge in [0.25, 0.3) is 0 Å². The molecule has 0 spiro atoms. The third-order valence-corrected chi connectivity index (χ3v) is 5.07. The number of halogens is 1. The van der Waals surface area contributed by atoms with Crippen LogP contribution in [0.2, 0.25) is 5.02 Å².